The summed E-state index contributed by atoms with van der Waals surface area (Å²) in [6.07, 6.45) is 0. The number of hydrogen-bond donors (Lipinski definition) is 0. The number of aromatic nitrogens is 4. The second-order valence-electron chi connectivity index (χ2n) is 9.14. The third-order valence-corrected chi connectivity index (χ3v) is 8.20. The maximum absolute atomic E-state index is 5.03. The minimum atomic E-state index is 0.929. The lowest BCUT2D eigenvalue weighted by molar-refractivity contribution is 1.11. The Balaban J connectivity index is 1.44. The summed E-state index contributed by atoms with van der Waals surface area (Å²) >= 11 is 2.40. The molecular weight excluding hydrogens is 555 g/mol. The molecule has 0 amide bonds. The predicted molar refractivity (Wildman–Crippen MR) is 157 cm³/mol. The molecule has 0 aliphatic carbocycles. The van der Waals surface area contributed by atoms with E-state index in [0.29, 0.717) is 0 Å². The van der Waals surface area contributed by atoms with Gasteiger partial charge in [-0.15, -0.1) is 0 Å². The van der Waals surface area contributed by atoms with E-state index in [2.05, 4.69) is 144 Å². The van der Waals surface area contributed by atoms with Gasteiger partial charge in [0.05, 0.1) is 56.0 Å². The standard InChI is InChI=1S/C31H19IN4/c32-36-26-12-6-4-10-23(26)24-18-20(14-16-27(24)36)21-15-17-29-30(19-21)35-28-13-7-5-11-25(28)33-31(35)34(29)22-8-2-1-3-9-22/h1-19H. The average Bonchev–Trinajstić information content (AvgIpc) is 3.56. The predicted octanol–water partition coefficient (Wildman–Crippen LogP) is 8.40. The zero-order valence-corrected chi connectivity index (χ0v) is 21.3. The van der Waals surface area contributed by atoms with Gasteiger partial charge >= 0.3 is 0 Å². The van der Waals surface area contributed by atoms with Gasteiger partial charge in [-0.05, 0) is 65.7 Å². The largest absolute Gasteiger partial charge is 0.282 e. The summed E-state index contributed by atoms with van der Waals surface area (Å²) in [6, 6.07) is 41.0. The molecule has 0 saturated carbocycles. The smallest absolute Gasteiger partial charge is 0.220 e. The Kier molecular flexibility index (Phi) is 4.16. The summed E-state index contributed by atoms with van der Waals surface area (Å²) in [5.74, 6) is 0.929. The highest BCUT2D eigenvalue weighted by Crippen LogP contribution is 2.36. The summed E-state index contributed by atoms with van der Waals surface area (Å²) in [5, 5.41) is 2.56. The summed E-state index contributed by atoms with van der Waals surface area (Å²) in [4.78, 5) is 5.03. The van der Waals surface area contributed by atoms with E-state index in [9.17, 15) is 0 Å². The molecule has 0 saturated heterocycles. The molecule has 3 aromatic heterocycles. The maximum atomic E-state index is 5.03. The van der Waals surface area contributed by atoms with Gasteiger partial charge in [0.1, 0.15) is 0 Å². The molecule has 170 valence electrons. The van der Waals surface area contributed by atoms with Crippen molar-refractivity contribution in [3.63, 3.8) is 0 Å². The average molecular weight is 574 g/mol. The van der Waals surface area contributed by atoms with Crippen LogP contribution in [0.15, 0.2) is 115 Å². The number of para-hydroxylation sites is 4. The van der Waals surface area contributed by atoms with Crippen molar-refractivity contribution < 1.29 is 0 Å². The maximum Gasteiger partial charge on any atom is 0.220 e. The van der Waals surface area contributed by atoms with Crippen LogP contribution in [0.2, 0.25) is 0 Å². The van der Waals surface area contributed by atoms with Crippen molar-refractivity contribution in [1.29, 1.82) is 0 Å². The molecule has 0 unspecified atom stereocenters. The van der Waals surface area contributed by atoms with Crippen LogP contribution in [-0.2, 0) is 0 Å². The van der Waals surface area contributed by atoms with Crippen molar-refractivity contribution in [2.75, 3.05) is 0 Å². The van der Waals surface area contributed by atoms with E-state index in [1.165, 1.54) is 32.9 Å². The molecule has 36 heavy (non-hydrogen) atoms. The number of fused-ring (bicyclic) bond motifs is 8. The molecule has 0 bridgehead atoms. The van der Waals surface area contributed by atoms with E-state index < -0.39 is 0 Å². The highest BCUT2D eigenvalue weighted by atomic mass is 127. The molecule has 0 aliphatic heterocycles. The van der Waals surface area contributed by atoms with Gasteiger partial charge in [-0.2, -0.15) is 0 Å². The van der Waals surface area contributed by atoms with Crippen molar-refractivity contribution >= 4 is 72.5 Å². The second kappa shape index (κ2) is 7.45. The summed E-state index contributed by atoms with van der Waals surface area (Å²) < 4.78 is 6.79. The minimum absolute atomic E-state index is 0.929. The van der Waals surface area contributed by atoms with E-state index >= 15 is 0 Å². The highest BCUT2D eigenvalue weighted by molar-refractivity contribution is 14.1. The minimum Gasteiger partial charge on any atom is -0.282 e. The third kappa shape index (κ3) is 2.72. The van der Waals surface area contributed by atoms with Gasteiger partial charge < -0.3 is 0 Å². The van der Waals surface area contributed by atoms with Gasteiger partial charge in [0.25, 0.3) is 0 Å². The molecule has 8 aromatic rings. The van der Waals surface area contributed by atoms with Crippen LogP contribution in [0.4, 0.5) is 0 Å². The molecule has 0 N–H and O–H groups in total. The Hall–Kier alpha value is -4.10. The molecule has 5 heteroatoms. The van der Waals surface area contributed by atoms with Crippen molar-refractivity contribution in [2.24, 2.45) is 0 Å². The summed E-state index contributed by atoms with van der Waals surface area (Å²) in [6.45, 7) is 0. The van der Waals surface area contributed by atoms with E-state index in [0.717, 1.165) is 33.5 Å². The van der Waals surface area contributed by atoms with Crippen LogP contribution in [0.1, 0.15) is 0 Å². The number of rotatable bonds is 2. The molecule has 5 aromatic carbocycles. The zero-order valence-electron chi connectivity index (χ0n) is 19.1. The van der Waals surface area contributed by atoms with Crippen LogP contribution in [0.3, 0.4) is 0 Å². The van der Waals surface area contributed by atoms with Crippen LogP contribution in [0, 0.1) is 0 Å². The molecular formula is C31H19IN4. The number of imidazole rings is 2. The Morgan fingerprint density at radius 2 is 1.19 bits per heavy atom. The van der Waals surface area contributed by atoms with Crippen molar-refractivity contribution in [1.82, 2.24) is 16.7 Å². The molecule has 4 nitrogen and oxygen atoms in total. The number of hydrogen-bond acceptors (Lipinski definition) is 1. The molecule has 0 fully saturated rings. The number of benzene rings is 5. The van der Waals surface area contributed by atoms with Crippen LogP contribution in [-0.4, -0.2) is 16.7 Å². The first-order valence-corrected chi connectivity index (χ1v) is 12.9. The van der Waals surface area contributed by atoms with E-state index in [-0.39, 0.29) is 0 Å². The van der Waals surface area contributed by atoms with E-state index in [4.69, 9.17) is 4.98 Å². The normalized spacial score (nSPS) is 12.0. The van der Waals surface area contributed by atoms with Crippen molar-refractivity contribution in [2.45, 2.75) is 0 Å². The fourth-order valence-electron chi connectivity index (χ4n) is 5.52. The molecule has 8 rings (SSSR count). The van der Waals surface area contributed by atoms with Crippen LogP contribution in [0.5, 0.6) is 0 Å². The summed E-state index contributed by atoms with van der Waals surface area (Å²) in [7, 11) is 0. The fourth-order valence-corrected chi connectivity index (χ4v) is 6.36. The Morgan fingerprint density at radius 1 is 0.528 bits per heavy atom. The van der Waals surface area contributed by atoms with Gasteiger partial charge in [-0.1, -0.05) is 60.7 Å². The van der Waals surface area contributed by atoms with Gasteiger partial charge in [0.2, 0.25) is 5.78 Å². The Bertz CT molecular complexity index is 2110. The SMILES string of the molecule is In1c2ccccc2c2cc(-c3ccc4c(c3)n3c5ccccc5nc3n4-c3ccccc3)ccc21. The van der Waals surface area contributed by atoms with Crippen LogP contribution in [0.25, 0.3) is 66.5 Å². The van der Waals surface area contributed by atoms with Crippen molar-refractivity contribution in [3.05, 3.63) is 115 Å². The first-order chi connectivity index (χ1) is 17.8. The van der Waals surface area contributed by atoms with Gasteiger partial charge in [0, 0.05) is 16.5 Å². The topological polar surface area (TPSA) is 27.2 Å². The fraction of sp³-hybridized carbons (Fsp3) is 0. The lowest BCUT2D eigenvalue weighted by Gasteiger charge is -2.07. The lowest BCUT2D eigenvalue weighted by Crippen LogP contribution is -1.94. The van der Waals surface area contributed by atoms with Gasteiger partial charge in [-0.3, -0.25) is 11.7 Å². The highest BCUT2D eigenvalue weighted by Gasteiger charge is 2.18. The van der Waals surface area contributed by atoms with Crippen LogP contribution < -0.4 is 0 Å². The molecule has 3 heterocycles. The number of halogens is 1. The molecule has 0 radical (unpaired) electrons. The van der Waals surface area contributed by atoms with Crippen LogP contribution >= 0.6 is 22.9 Å². The molecule has 0 spiro atoms. The molecule has 0 atom stereocenters. The first kappa shape index (κ1) is 20.1. The van der Waals surface area contributed by atoms with Crippen molar-refractivity contribution in [3.8, 4) is 16.8 Å². The quantitative estimate of drug-likeness (QED) is 0.191. The second-order valence-corrected chi connectivity index (χ2v) is 10.1. The van der Waals surface area contributed by atoms with Gasteiger partial charge in [-0.25, -0.2) is 4.98 Å². The van der Waals surface area contributed by atoms with E-state index in [1.807, 2.05) is 6.07 Å². The first-order valence-electron chi connectivity index (χ1n) is 11.9. The molecule has 0 aliphatic rings. The zero-order chi connectivity index (χ0) is 23.8. The third-order valence-electron chi connectivity index (χ3n) is 7.16. The lowest BCUT2D eigenvalue weighted by atomic mass is 10.0. The Morgan fingerprint density at radius 3 is 2.06 bits per heavy atom. The monoisotopic (exact) mass is 574 g/mol. The van der Waals surface area contributed by atoms with E-state index in [1.54, 1.807) is 0 Å². The number of nitrogens with zero attached hydrogens (tertiary/aromatic N) is 4. The summed E-state index contributed by atoms with van der Waals surface area (Å²) in [5.41, 5.74) is 10.4. The Labute approximate surface area is 220 Å². The van der Waals surface area contributed by atoms with Gasteiger partial charge in [0.15, 0.2) is 0 Å².